The summed E-state index contributed by atoms with van der Waals surface area (Å²) in [7, 11) is -2.93. The summed E-state index contributed by atoms with van der Waals surface area (Å²) >= 11 is 0. The standard InChI is InChI=1S/C5H12N2O2S.K/c1-10(8,9)7-4-2-6-3-5-7;/h6H,2-5H2,1H3;. The van der Waals surface area contributed by atoms with Crippen molar-refractivity contribution in [2.24, 2.45) is 0 Å². The van der Waals surface area contributed by atoms with Crippen molar-refractivity contribution in [3.8, 4) is 0 Å². The zero-order valence-electron chi connectivity index (χ0n) is 7.00. The summed E-state index contributed by atoms with van der Waals surface area (Å²) in [5.74, 6) is 0. The molecule has 0 atom stereocenters. The molecule has 0 bridgehead atoms. The molecule has 0 unspecified atom stereocenters. The van der Waals surface area contributed by atoms with Gasteiger partial charge in [-0.3, -0.25) is 0 Å². The van der Waals surface area contributed by atoms with E-state index < -0.39 is 10.0 Å². The molecule has 0 aliphatic carbocycles. The number of nitrogens with zero attached hydrogens (tertiary/aromatic N) is 1. The van der Waals surface area contributed by atoms with Gasteiger partial charge in [-0.15, -0.1) is 0 Å². The molecular weight excluding hydrogens is 191 g/mol. The van der Waals surface area contributed by atoms with Gasteiger partial charge >= 0.3 is 0 Å². The zero-order valence-corrected chi connectivity index (χ0v) is 10.9. The minimum Gasteiger partial charge on any atom is -0.314 e. The van der Waals surface area contributed by atoms with E-state index in [9.17, 15) is 8.42 Å². The zero-order chi connectivity index (χ0) is 7.61. The third kappa shape index (κ3) is 4.32. The molecule has 4 nitrogen and oxygen atoms in total. The van der Waals surface area contributed by atoms with Crippen LogP contribution in [0, 0.1) is 0 Å². The molecule has 1 rings (SSSR count). The van der Waals surface area contributed by atoms with Crippen molar-refractivity contribution in [3.05, 3.63) is 0 Å². The Kier molecular flexibility index (Phi) is 6.01. The third-order valence-corrected chi connectivity index (χ3v) is 2.85. The Bertz CT molecular complexity index is 199. The van der Waals surface area contributed by atoms with Gasteiger partial charge in [0, 0.05) is 77.6 Å². The van der Waals surface area contributed by atoms with Gasteiger partial charge in [-0.05, 0) is 0 Å². The Morgan fingerprint density at radius 2 is 1.73 bits per heavy atom. The molecule has 0 aromatic carbocycles. The number of piperazine rings is 1. The quantitative estimate of drug-likeness (QED) is 0.526. The van der Waals surface area contributed by atoms with Crippen molar-refractivity contribution in [3.63, 3.8) is 0 Å². The Morgan fingerprint density at radius 1 is 1.27 bits per heavy atom. The molecule has 11 heavy (non-hydrogen) atoms. The van der Waals surface area contributed by atoms with Gasteiger partial charge in [-0.2, -0.15) is 4.31 Å². The second-order valence-corrected chi connectivity index (χ2v) is 4.39. The molecule has 0 aromatic rings. The van der Waals surface area contributed by atoms with E-state index in [-0.39, 0.29) is 51.4 Å². The Hall–Kier alpha value is 1.51. The van der Waals surface area contributed by atoms with Crippen LogP contribution < -0.4 is 5.32 Å². The summed E-state index contributed by atoms with van der Waals surface area (Å²) in [5, 5.41) is 3.08. The molecule has 1 radical (unpaired) electrons. The van der Waals surface area contributed by atoms with Gasteiger partial charge in [0.05, 0.1) is 6.26 Å². The summed E-state index contributed by atoms with van der Waals surface area (Å²) in [5.41, 5.74) is 0. The molecule has 1 heterocycles. The topological polar surface area (TPSA) is 49.4 Å². The van der Waals surface area contributed by atoms with E-state index in [2.05, 4.69) is 5.32 Å². The maximum Gasteiger partial charge on any atom is 0.211 e. The Morgan fingerprint density at radius 3 is 2.00 bits per heavy atom. The first kappa shape index (κ1) is 12.5. The summed E-state index contributed by atoms with van der Waals surface area (Å²) in [4.78, 5) is 0. The van der Waals surface area contributed by atoms with Crippen molar-refractivity contribution >= 4 is 61.4 Å². The van der Waals surface area contributed by atoms with Crippen LogP contribution in [-0.4, -0.2) is 96.5 Å². The summed E-state index contributed by atoms with van der Waals surface area (Å²) in [6.45, 7) is 2.76. The molecule has 0 amide bonds. The van der Waals surface area contributed by atoms with Crippen molar-refractivity contribution < 1.29 is 8.42 Å². The molecule has 1 aliphatic rings. The largest absolute Gasteiger partial charge is 0.314 e. The number of rotatable bonds is 1. The maximum absolute atomic E-state index is 10.9. The van der Waals surface area contributed by atoms with Crippen molar-refractivity contribution in [1.29, 1.82) is 0 Å². The van der Waals surface area contributed by atoms with Crippen molar-refractivity contribution in [2.75, 3.05) is 32.4 Å². The van der Waals surface area contributed by atoms with Crippen LogP contribution in [0.2, 0.25) is 0 Å². The number of hydrogen-bond donors (Lipinski definition) is 1. The monoisotopic (exact) mass is 203 g/mol. The minimum absolute atomic E-state index is 0. The Balaban J connectivity index is 0.000001000. The van der Waals surface area contributed by atoms with Crippen LogP contribution in [-0.2, 0) is 10.0 Å². The number of sulfonamides is 1. The predicted molar refractivity (Wildman–Crippen MR) is 45.0 cm³/mol. The normalized spacial score (nSPS) is 20.8. The van der Waals surface area contributed by atoms with Gasteiger partial charge in [-0.25, -0.2) is 8.42 Å². The van der Waals surface area contributed by atoms with Gasteiger partial charge in [0.1, 0.15) is 0 Å². The molecule has 1 aliphatic heterocycles. The van der Waals surface area contributed by atoms with E-state index in [4.69, 9.17) is 0 Å². The second kappa shape index (κ2) is 5.28. The maximum atomic E-state index is 10.9. The summed E-state index contributed by atoms with van der Waals surface area (Å²) in [6.07, 6.45) is 1.25. The molecule has 61 valence electrons. The van der Waals surface area contributed by atoms with Gasteiger partial charge in [0.2, 0.25) is 10.0 Å². The smallest absolute Gasteiger partial charge is 0.211 e. The van der Waals surface area contributed by atoms with Crippen LogP contribution in [0.3, 0.4) is 0 Å². The molecule has 1 fully saturated rings. The van der Waals surface area contributed by atoms with Crippen LogP contribution in [0.15, 0.2) is 0 Å². The van der Waals surface area contributed by atoms with Gasteiger partial charge in [-0.1, -0.05) is 0 Å². The van der Waals surface area contributed by atoms with Crippen molar-refractivity contribution in [2.45, 2.75) is 0 Å². The van der Waals surface area contributed by atoms with E-state index >= 15 is 0 Å². The van der Waals surface area contributed by atoms with Gasteiger partial charge in [0.15, 0.2) is 0 Å². The molecule has 0 saturated carbocycles. The van der Waals surface area contributed by atoms with E-state index in [0.717, 1.165) is 13.1 Å². The average molecular weight is 203 g/mol. The van der Waals surface area contributed by atoms with E-state index in [1.807, 2.05) is 0 Å². The molecule has 6 heteroatoms. The van der Waals surface area contributed by atoms with Crippen LogP contribution in [0.4, 0.5) is 0 Å². The fraction of sp³-hybridized carbons (Fsp3) is 1.00. The Labute approximate surface area is 110 Å². The van der Waals surface area contributed by atoms with Gasteiger partial charge < -0.3 is 5.32 Å². The minimum atomic E-state index is -2.93. The first-order valence-electron chi connectivity index (χ1n) is 3.26. The fourth-order valence-corrected chi connectivity index (χ4v) is 1.82. The van der Waals surface area contributed by atoms with E-state index in [0.29, 0.717) is 13.1 Å². The molecule has 0 spiro atoms. The first-order chi connectivity index (χ1) is 4.61. The van der Waals surface area contributed by atoms with E-state index in [1.54, 1.807) is 0 Å². The average Bonchev–Trinajstić information content (AvgIpc) is 1.88. The second-order valence-electron chi connectivity index (χ2n) is 2.41. The van der Waals surface area contributed by atoms with Gasteiger partial charge in [0.25, 0.3) is 0 Å². The van der Waals surface area contributed by atoms with Crippen LogP contribution in [0.1, 0.15) is 0 Å². The van der Waals surface area contributed by atoms with Crippen molar-refractivity contribution in [1.82, 2.24) is 9.62 Å². The molecular formula is C5H12KN2O2S. The summed E-state index contributed by atoms with van der Waals surface area (Å²) in [6, 6.07) is 0. The number of nitrogens with one attached hydrogen (secondary N) is 1. The molecule has 0 aromatic heterocycles. The third-order valence-electron chi connectivity index (χ3n) is 1.54. The SMILES string of the molecule is CS(=O)(=O)N1CCNCC1.[K]. The fourth-order valence-electron chi connectivity index (χ4n) is 0.976. The number of hydrogen-bond acceptors (Lipinski definition) is 3. The molecule has 1 N–H and O–H groups in total. The first-order valence-corrected chi connectivity index (χ1v) is 5.11. The van der Waals surface area contributed by atoms with Crippen LogP contribution in [0.25, 0.3) is 0 Å². The van der Waals surface area contributed by atoms with E-state index in [1.165, 1.54) is 10.6 Å². The summed E-state index contributed by atoms with van der Waals surface area (Å²) < 4.78 is 23.3. The molecule has 1 saturated heterocycles. The van der Waals surface area contributed by atoms with Crippen LogP contribution >= 0.6 is 0 Å². The van der Waals surface area contributed by atoms with Crippen LogP contribution in [0.5, 0.6) is 0 Å². The predicted octanol–water partition coefficient (Wildman–Crippen LogP) is -1.53.